The number of hydrogen-bond donors (Lipinski definition) is 2. The lowest BCUT2D eigenvalue weighted by molar-refractivity contribution is -0.383. The molecule has 5 nitrogen and oxygen atoms in total. The Kier molecular flexibility index (Phi) is 4.10. The number of hydrogen-bond acceptors (Lipinski definition) is 4. The number of anilines is 2. The van der Waals surface area contributed by atoms with Gasteiger partial charge in [0, 0.05) is 5.02 Å². The summed E-state index contributed by atoms with van der Waals surface area (Å²) >= 11 is 6.12. The zero-order valence-electron chi connectivity index (χ0n) is 10.8. The Morgan fingerprint density at radius 3 is 2.60 bits per heavy atom. The lowest BCUT2D eigenvalue weighted by Gasteiger charge is -2.17. The van der Waals surface area contributed by atoms with Crippen LogP contribution < -0.4 is 11.1 Å². The van der Waals surface area contributed by atoms with Crippen molar-refractivity contribution in [2.75, 3.05) is 11.1 Å². The molecular weight excluding hydrogens is 278 g/mol. The molecule has 0 radical (unpaired) electrons. The number of nitrogens with one attached hydrogen (secondary N) is 1. The molecule has 0 bridgehead atoms. The van der Waals surface area contributed by atoms with Gasteiger partial charge in [0.1, 0.15) is 11.4 Å². The summed E-state index contributed by atoms with van der Waals surface area (Å²) in [5.41, 5.74) is 6.91. The van der Waals surface area contributed by atoms with E-state index in [4.69, 9.17) is 17.3 Å². The standard InChI is InChI=1S/C14H14ClN3O2/c1-9(10-5-2-3-6-11(10)15)17-13-8-4-7-12(16)14(13)18(19)20/h2-9,17H,16H2,1H3. The van der Waals surface area contributed by atoms with E-state index in [1.54, 1.807) is 18.2 Å². The second kappa shape index (κ2) is 5.79. The van der Waals surface area contributed by atoms with Gasteiger partial charge in [-0.15, -0.1) is 0 Å². The molecule has 3 N–H and O–H groups in total. The van der Waals surface area contributed by atoms with E-state index in [1.807, 2.05) is 25.1 Å². The zero-order valence-corrected chi connectivity index (χ0v) is 11.6. The molecule has 104 valence electrons. The largest absolute Gasteiger partial charge is 0.393 e. The third-order valence-corrected chi connectivity index (χ3v) is 3.34. The average Bonchev–Trinajstić information content (AvgIpc) is 2.38. The summed E-state index contributed by atoms with van der Waals surface area (Å²) in [4.78, 5) is 10.6. The minimum Gasteiger partial charge on any atom is -0.393 e. The van der Waals surface area contributed by atoms with Gasteiger partial charge in [-0.25, -0.2) is 0 Å². The van der Waals surface area contributed by atoms with E-state index >= 15 is 0 Å². The molecule has 2 rings (SSSR count). The van der Waals surface area contributed by atoms with Gasteiger partial charge >= 0.3 is 5.69 Å². The van der Waals surface area contributed by atoms with Crippen molar-refractivity contribution in [3.05, 3.63) is 63.2 Å². The van der Waals surface area contributed by atoms with Crippen molar-refractivity contribution in [2.24, 2.45) is 0 Å². The maximum Gasteiger partial charge on any atom is 0.314 e. The van der Waals surface area contributed by atoms with E-state index in [1.165, 1.54) is 6.07 Å². The highest BCUT2D eigenvalue weighted by molar-refractivity contribution is 6.31. The Morgan fingerprint density at radius 2 is 1.95 bits per heavy atom. The summed E-state index contributed by atoms with van der Waals surface area (Å²) < 4.78 is 0. The second-order valence-corrected chi connectivity index (χ2v) is 4.80. The number of nitro benzene ring substituents is 1. The molecule has 2 aromatic carbocycles. The van der Waals surface area contributed by atoms with Gasteiger partial charge in [-0.3, -0.25) is 10.1 Å². The Hall–Kier alpha value is -2.27. The minimum atomic E-state index is -0.489. The summed E-state index contributed by atoms with van der Waals surface area (Å²) in [5, 5.41) is 14.8. The predicted molar refractivity (Wildman–Crippen MR) is 81.0 cm³/mol. The molecule has 0 aliphatic heterocycles. The number of halogens is 1. The first-order valence-corrected chi connectivity index (χ1v) is 6.42. The van der Waals surface area contributed by atoms with Gasteiger partial charge in [0.15, 0.2) is 0 Å². The Bertz CT molecular complexity index is 646. The maximum atomic E-state index is 11.1. The van der Waals surface area contributed by atoms with Gasteiger partial charge in [0.2, 0.25) is 0 Å². The minimum absolute atomic E-state index is 0.119. The van der Waals surface area contributed by atoms with Crippen LogP contribution in [0.3, 0.4) is 0 Å². The molecule has 0 saturated heterocycles. The van der Waals surface area contributed by atoms with Crippen molar-refractivity contribution in [1.29, 1.82) is 0 Å². The first-order valence-electron chi connectivity index (χ1n) is 6.04. The van der Waals surface area contributed by atoms with Gasteiger partial charge < -0.3 is 11.1 Å². The van der Waals surface area contributed by atoms with Crippen LogP contribution in [-0.4, -0.2) is 4.92 Å². The molecule has 0 saturated carbocycles. The van der Waals surface area contributed by atoms with Crippen molar-refractivity contribution in [3.63, 3.8) is 0 Å². The smallest absolute Gasteiger partial charge is 0.314 e. The van der Waals surface area contributed by atoms with E-state index in [9.17, 15) is 10.1 Å². The molecular formula is C14H14ClN3O2. The topological polar surface area (TPSA) is 81.2 Å². The number of benzene rings is 2. The summed E-state index contributed by atoms with van der Waals surface area (Å²) in [6.07, 6.45) is 0. The first kappa shape index (κ1) is 14.1. The molecule has 0 aliphatic carbocycles. The van der Waals surface area contributed by atoms with Crippen LogP contribution >= 0.6 is 11.6 Å². The molecule has 0 amide bonds. The van der Waals surface area contributed by atoms with E-state index in [0.29, 0.717) is 10.7 Å². The molecule has 20 heavy (non-hydrogen) atoms. The Morgan fingerprint density at radius 1 is 1.25 bits per heavy atom. The number of nitrogens with zero attached hydrogens (tertiary/aromatic N) is 1. The van der Waals surface area contributed by atoms with Crippen molar-refractivity contribution in [3.8, 4) is 0 Å². The van der Waals surface area contributed by atoms with Gasteiger partial charge in [-0.2, -0.15) is 0 Å². The fourth-order valence-electron chi connectivity index (χ4n) is 2.02. The first-order chi connectivity index (χ1) is 9.50. The van der Waals surface area contributed by atoms with Gasteiger partial charge in [-0.05, 0) is 30.7 Å². The molecule has 1 unspecified atom stereocenters. The van der Waals surface area contributed by atoms with Gasteiger partial charge in [0.05, 0.1) is 11.0 Å². The quantitative estimate of drug-likeness (QED) is 0.507. The van der Waals surface area contributed by atoms with Crippen LogP contribution in [0, 0.1) is 10.1 Å². The van der Waals surface area contributed by atoms with Crippen LogP contribution in [0.25, 0.3) is 0 Å². The van der Waals surface area contributed by atoms with Crippen LogP contribution in [0.2, 0.25) is 5.02 Å². The molecule has 2 aromatic rings. The molecule has 0 aromatic heterocycles. The summed E-state index contributed by atoms with van der Waals surface area (Å²) in [7, 11) is 0. The highest BCUT2D eigenvalue weighted by atomic mass is 35.5. The third kappa shape index (κ3) is 2.83. The zero-order chi connectivity index (χ0) is 14.7. The molecule has 0 spiro atoms. The van der Waals surface area contributed by atoms with Crippen molar-refractivity contribution < 1.29 is 4.92 Å². The van der Waals surface area contributed by atoms with E-state index in [0.717, 1.165) is 5.56 Å². The molecule has 6 heteroatoms. The van der Waals surface area contributed by atoms with Crippen molar-refractivity contribution in [2.45, 2.75) is 13.0 Å². The van der Waals surface area contributed by atoms with E-state index in [2.05, 4.69) is 5.32 Å². The molecule has 0 fully saturated rings. The van der Waals surface area contributed by atoms with Crippen LogP contribution in [0.5, 0.6) is 0 Å². The van der Waals surface area contributed by atoms with Gasteiger partial charge in [-0.1, -0.05) is 35.9 Å². The lowest BCUT2D eigenvalue weighted by Crippen LogP contribution is -2.09. The van der Waals surface area contributed by atoms with Crippen LogP contribution in [0.1, 0.15) is 18.5 Å². The van der Waals surface area contributed by atoms with Crippen LogP contribution in [0.4, 0.5) is 17.1 Å². The predicted octanol–water partition coefficient (Wildman–Crippen LogP) is 4.00. The van der Waals surface area contributed by atoms with Crippen LogP contribution in [-0.2, 0) is 0 Å². The fourth-order valence-corrected chi connectivity index (χ4v) is 2.32. The SMILES string of the molecule is CC(Nc1cccc(N)c1[N+](=O)[O-])c1ccccc1Cl. The summed E-state index contributed by atoms with van der Waals surface area (Å²) in [6.45, 7) is 1.88. The summed E-state index contributed by atoms with van der Waals surface area (Å²) in [5.74, 6) is 0. The third-order valence-electron chi connectivity index (χ3n) is 2.99. The normalized spacial score (nSPS) is 11.9. The number of para-hydroxylation sites is 1. The van der Waals surface area contributed by atoms with E-state index in [-0.39, 0.29) is 17.4 Å². The van der Waals surface area contributed by atoms with Crippen LogP contribution in [0.15, 0.2) is 42.5 Å². The summed E-state index contributed by atoms with van der Waals surface area (Å²) in [6, 6.07) is 12.0. The Balaban J connectivity index is 2.33. The fraction of sp³-hybridized carbons (Fsp3) is 0.143. The Labute approximate surface area is 121 Å². The molecule has 0 aliphatic rings. The average molecular weight is 292 g/mol. The maximum absolute atomic E-state index is 11.1. The highest BCUT2D eigenvalue weighted by Gasteiger charge is 2.19. The number of nitrogen functional groups attached to an aromatic ring is 1. The highest BCUT2D eigenvalue weighted by Crippen LogP contribution is 2.34. The monoisotopic (exact) mass is 291 g/mol. The number of rotatable bonds is 4. The lowest BCUT2D eigenvalue weighted by atomic mass is 10.1. The molecule has 0 heterocycles. The second-order valence-electron chi connectivity index (χ2n) is 4.39. The number of nitrogens with two attached hydrogens (primary N) is 1. The van der Waals surface area contributed by atoms with E-state index < -0.39 is 4.92 Å². The van der Waals surface area contributed by atoms with Gasteiger partial charge in [0.25, 0.3) is 0 Å². The molecule has 1 atom stereocenters. The van der Waals surface area contributed by atoms with Crippen molar-refractivity contribution in [1.82, 2.24) is 0 Å². The number of nitro groups is 1. The van der Waals surface area contributed by atoms with Crippen molar-refractivity contribution >= 4 is 28.7 Å².